The van der Waals surface area contributed by atoms with Crippen LogP contribution in [0, 0.1) is 56.7 Å². The number of hydrogen-bond acceptors (Lipinski definition) is 6. The van der Waals surface area contributed by atoms with E-state index in [1.54, 1.807) is 0 Å². The van der Waals surface area contributed by atoms with Crippen LogP contribution >= 0.6 is 0 Å². The van der Waals surface area contributed by atoms with E-state index >= 15 is 0 Å². The van der Waals surface area contributed by atoms with Gasteiger partial charge in [0.1, 0.15) is 12.7 Å². The van der Waals surface area contributed by atoms with Gasteiger partial charge in [-0.15, -0.1) is 0 Å². The molecule has 0 aromatic heterocycles. The number of ether oxygens (including phenoxy) is 2. The third kappa shape index (κ3) is 4.88. The molecule has 0 bridgehead atoms. The molecule has 0 heterocycles. The second kappa shape index (κ2) is 11.7. The van der Waals surface area contributed by atoms with Crippen LogP contribution in [0.4, 0.5) is 0 Å². The van der Waals surface area contributed by atoms with Gasteiger partial charge < -0.3 is 19.9 Å². The number of hydrogen-bond donors (Lipinski definition) is 2. The van der Waals surface area contributed by atoms with E-state index in [1.807, 2.05) is 0 Å². The van der Waals surface area contributed by atoms with Crippen LogP contribution in [0.15, 0.2) is 12.2 Å². The maximum atomic E-state index is 14.0. The summed E-state index contributed by atoms with van der Waals surface area (Å²) in [5.74, 6) is 1.54. The molecular formula is C37H59NO6. The molecule has 5 saturated carbocycles. The summed E-state index contributed by atoms with van der Waals surface area (Å²) in [4.78, 5) is 38.2. The number of carbonyl (C=O) groups is 3. The largest absolute Gasteiger partial charge is 0.465 e. The van der Waals surface area contributed by atoms with Gasteiger partial charge in [0.15, 0.2) is 0 Å². The Bertz CT molecular complexity index is 1170. The lowest BCUT2D eigenvalue weighted by molar-refractivity contribution is -0.256. The van der Waals surface area contributed by atoms with Gasteiger partial charge in [-0.05, 0) is 123 Å². The molecule has 0 radical (unpaired) electrons. The molecule has 1 amide bonds. The highest BCUT2D eigenvalue weighted by atomic mass is 16.6. The third-order valence-electron chi connectivity index (χ3n) is 14.8. The Morgan fingerprint density at radius 3 is 2.20 bits per heavy atom. The van der Waals surface area contributed by atoms with Crippen molar-refractivity contribution < 1.29 is 29.0 Å². The van der Waals surface area contributed by atoms with Crippen LogP contribution < -0.4 is 5.32 Å². The maximum Gasteiger partial charge on any atom is 0.302 e. The second-order valence-electron chi connectivity index (χ2n) is 16.6. The molecule has 2 N–H and O–H groups in total. The molecule has 248 valence electrons. The third-order valence-corrected chi connectivity index (χ3v) is 14.8. The predicted molar refractivity (Wildman–Crippen MR) is 170 cm³/mol. The van der Waals surface area contributed by atoms with Crippen molar-refractivity contribution in [1.82, 2.24) is 5.32 Å². The first-order valence-corrected chi connectivity index (χ1v) is 17.5. The van der Waals surface area contributed by atoms with Crippen molar-refractivity contribution in [2.24, 2.45) is 56.7 Å². The van der Waals surface area contributed by atoms with E-state index in [0.29, 0.717) is 36.6 Å². The molecular weight excluding hydrogens is 554 g/mol. The highest BCUT2D eigenvalue weighted by Crippen LogP contribution is 2.77. The van der Waals surface area contributed by atoms with Crippen LogP contribution in [0.5, 0.6) is 0 Å². The zero-order valence-corrected chi connectivity index (χ0v) is 28.6. The number of rotatable bonds is 8. The Morgan fingerprint density at radius 2 is 1.57 bits per heavy atom. The Kier molecular flexibility index (Phi) is 8.92. The van der Waals surface area contributed by atoms with Crippen molar-refractivity contribution in [1.29, 1.82) is 0 Å². The first kappa shape index (κ1) is 33.5. The van der Waals surface area contributed by atoms with Crippen molar-refractivity contribution in [3.8, 4) is 0 Å². The summed E-state index contributed by atoms with van der Waals surface area (Å²) in [6, 6.07) is 0. The molecule has 7 nitrogen and oxygen atoms in total. The molecule has 5 fully saturated rings. The van der Waals surface area contributed by atoms with Crippen molar-refractivity contribution in [2.75, 3.05) is 19.8 Å². The molecule has 0 aliphatic heterocycles. The zero-order chi connectivity index (χ0) is 32.3. The molecule has 0 aromatic rings. The lowest BCUT2D eigenvalue weighted by atomic mass is 9.32. The second-order valence-corrected chi connectivity index (χ2v) is 16.6. The minimum atomic E-state index is -0.436. The van der Waals surface area contributed by atoms with Crippen molar-refractivity contribution in [2.45, 2.75) is 125 Å². The normalized spacial score (nSPS) is 46.0. The smallest absolute Gasteiger partial charge is 0.302 e. The van der Waals surface area contributed by atoms with Crippen molar-refractivity contribution >= 4 is 17.8 Å². The molecule has 44 heavy (non-hydrogen) atoms. The van der Waals surface area contributed by atoms with Crippen LogP contribution in [-0.2, 0) is 23.9 Å². The molecule has 7 heteroatoms. The minimum Gasteiger partial charge on any atom is -0.465 e. The van der Waals surface area contributed by atoms with Gasteiger partial charge in [0.05, 0.1) is 5.41 Å². The summed E-state index contributed by atoms with van der Waals surface area (Å²) >= 11 is 0. The molecule has 5 rings (SSSR count). The van der Waals surface area contributed by atoms with E-state index in [1.165, 1.54) is 19.4 Å². The predicted octanol–water partition coefficient (Wildman–Crippen LogP) is 6.62. The zero-order valence-electron chi connectivity index (χ0n) is 28.6. The number of aliphatic hydroxyl groups is 1. The molecule has 5 aliphatic carbocycles. The SMILES string of the molecule is C=C(C)[C@@H]1CC[C@]2(C(=O)NCCCO)CC[C@]3(C)C(CC[C@@H]4[C@@]5(C)CC[C@H](OC(C)=O)[C@@](C)(COC(C)=O)[C@@H]5CC[C@]43C)[C@@H]12. The summed E-state index contributed by atoms with van der Waals surface area (Å²) in [7, 11) is 0. The standard InChI is InChI=1S/C37H59NO6/c1-23(2)26-12-17-37(32(42)38-20-9-21-39)19-18-35(7)27(31(26)37)10-11-29-33(5)15-14-30(44-25(4)41)34(6,22-43-24(3)40)28(33)13-16-36(29,35)8/h26-31,39H,1,9-22H2,2-8H3,(H,38,42)/t26-,27?,28+,29+,30-,31+,33-,34-,35+,36+,37-/m0/s1. The topological polar surface area (TPSA) is 102 Å². The number of nitrogens with one attached hydrogen (secondary N) is 1. The Labute approximate surface area is 265 Å². The number of carbonyl (C=O) groups excluding carboxylic acids is 3. The number of aliphatic hydroxyl groups excluding tert-OH is 1. The Balaban J connectivity index is 1.50. The maximum absolute atomic E-state index is 14.0. The molecule has 0 spiro atoms. The molecule has 0 saturated heterocycles. The van der Waals surface area contributed by atoms with Crippen LogP contribution in [-0.4, -0.2) is 48.8 Å². The van der Waals surface area contributed by atoms with Crippen LogP contribution in [0.1, 0.15) is 119 Å². The van der Waals surface area contributed by atoms with Gasteiger partial charge in [0, 0.05) is 32.4 Å². The van der Waals surface area contributed by atoms with Crippen molar-refractivity contribution in [3.05, 3.63) is 12.2 Å². The average molecular weight is 614 g/mol. The molecule has 5 aliphatic rings. The summed E-state index contributed by atoms with van der Waals surface area (Å²) in [6.07, 6.45) is 10.4. The van der Waals surface area contributed by atoms with Gasteiger partial charge in [-0.25, -0.2) is 0 Å². The fourth-order valence-corrected chi connectivity index (χ4v) is 12.6. The van der Waals surface area contributed by atoms with E-state index in [4.69, 9.17) is 9.47 Å². The van der Waals surface area contributed by atoms with Crippen LogP contribution in [0.25, 0.3) is 0 Å². The van der Waals surface area contributed by atoms with Gasteiger partial charge in [-0.1, -0.05) is 39.8 Å². The molecule has 0 aromatic carbocycles. The van der Waals surface area contributed by atoms with Crippen LogP contribution in [0.3, 0.4) is 0 Å². The summed E-state index contributed by atoms with van der Waals surface area (Å²) in [6.45, 7) is 20.3. The summed E-state index contributed by atoms with van der Waals surface area (Å²) in [5, 5.41) is 12.6. The van der Waals surface area contributed by atoms with E-state index in [-0.39, 0.29) is 64.7 Å². The first-order valence-electron chi connectivity index (χ1n) is 17.5. The van der Waals surface area contributed by atoms with Gasteiger partial charge >= 0.3 is 11.9 Å². The van der Waals surface area contributed by atoms with Gasteiger partial charge in [-0.3, -0.25) is 14.4 Å². The summed E-state index contributed by atoms with van der Waals surface area (Å²) in [5.41, 5.74) is 0.677. The van der Waals surface area contributed by atoms with E-state index in [2.05, 4.69) is 46.5 Å². The number of esters is 2. The number of amides is 1. The average Bonchev–Trinajstić information content (AvgIpc) is 3.35. The molecule has 1 unspecified atom stereocenters. The Morgan fingerprint density at radius 1 is 0.841 bits per heavy atom. The van der Waals surface area contributed by atoms with Gasteiger partial charge in [-0.2, -0.15) is 0 Å². The fourth-order valence-electron chi connectivity index (χ4n) is 12.6. The minimum absolute atomic E-state index is 0.0339. The van der Waals surface area contributed by atoms with Crippen molar-refractivity contribution in [3.63, 3.8) is 0 Å². The molecule has 11 atom stereocenters. The lowest BCUT2D eigenvalue weighted by Crippen LogP contribution is -2.68. The monoisotopic (exact) mass is 613 g/mol. The summed E-state index contributed by atoms with van der Waals surface area (Å²) < 4.78 is 11.7. The van der Waals surface area contributed by atoms with Gasteiger partial charge in [0.25, 0.3) is 0 Å². The number of allylic oxidation sites excluding steroid dienone is 1. The van der Waals surface area contributed by atoms with E-state index in [0.717, 1.165) is 64.2 Å². The number of fused-ring (bicyclic) bond motifs is 7. The van der Waals surface area contributed by atoms with E-state index < -0.39 is 5.41 Å². The lowest BCUT2D eigenvalue weighted by Gasteiger charge is -2.73. The quantitative estimate of drug-likeness (QED) is 0.181. The first-order chi connectivity index (χ1) is 20.6. The fraction of sp³-hybridized carbons (Fsp3) is 0.865. The highest BCUT2D eigenvalue weighted by Gasteiger charge is 2.72. The Hall–Kier alpha value is -1.89. The van der Waals surface area contributed by atoms with Crippen LogP contribution in [0.2, 0.25) is 0 Å². The highest BCUT2D eigenvalue weighted by molar-refractivity contribution is 5.84. The van der Waals surface area contributed by atoms with E-state index in [9.17, 15) is 19.5 Å². The van der Waals surface area contributed by atoms with Gasteiger partial charge in [0.2, 0.25) is 5.91 Å².